The van der Waals surface area contributed by atoms with Crippen LogP contribution in [0.1, 0.15) is 24.0 Å². The van der Waals surface area contributed by atoms with E-state index in [9.17, 15) is 0 Å². The Morgan fingerprint density at radius 1 is 1.47 bits per heavy atom. The maximum absolute atomic E-state index is 5.49. The summed E-state index contributed by atoms with van der Waals surface area (Å²) in [6.07, 6.45) is 2.78. The summed E-state index contributed by atoms with van der Waals surface area (Å²) in [6, 6.07) is 6.70. The average molecular weight is 298 g/mol. The highest BCUT2D eigenvalue weighted by Crippen LogP contribution is 2.27. The van der Waals surface area contributed by atoms with Crippen LogP contribution >= 0.6 is 15.9 Å². The molecule has 0 radical (unpaired) electrons. The number of benzene rings is 1. The van der Waals surface area contributed by atoms with Gasteiger partial charge in [0.1, 0.15) is 0 Å². The molecule has 1 atom stereocenters. The van der Waals surface area contributed by atoms with Crippen LogP contribution in [0.15, 0.2) is 18.2 Å². The van der Waals surface area contributed by atoms with Crippen molar-refractivity contribution in [1.29, 1.82) is 0 Å². The first-order chi connectivity index (χ1) is 8.24. The molecule has 1 aliphatic heterocycles. The van der Waals surface area contributed by atoms with Crippen molar-refractivity contribution in [2.24, 2.45) is 0 Å². The maximum Gasteiger partial charge on any atom is 0.0746 e. The molecule has 94 valence electrons. The molecule has 1 aromatic carbocycles. The summed E-state index contributed by atoms with van der Waals surface area (Å²) in [7, 11) is 1.81. The molecule has 1 aliphatic rings. The second kappa shape index (κ2) is 5.87. The summed E-state index contributed by atoms with van der Waals surface area (Å²) in [5.41, 5.74) is 4.06. The minimum absolute atomic E-state index is 0.383. The normalized spacial score (nSPS) is 20.6. The van der Waals surface area contributed by atoms with Crippen LogP contribution in [0.5, 0.6) is 0 Å². The minimum atomic E-state index is 0.383. The Kier molecular flexibility index (Phi) is 4.46. The molecule has 2 rings (SSSR count). The largest absolute Gasteiger partial charge is 0.380 e. The molecule has 17 heavy (non-hydrogen) atoms. The number of alkyl halides is 1. The first-order valence-electron chi connectivity index (χ1n) is 6.18. The van der Waals surface area contributed by atoms with Crippen molar-refractivity contribution < 1.29 is 4.74 Å². The second-order valence-corrected chi connectivity index (χ2v) is 5.27. The molecule has 3 heteroatoms. The molecule has 0 aliphatic carbocycles. The number of anilines is 1. The number of methoxy groups -OCH3 is 1. The number of piperidine rings is 1. The van der Waals surface area contributed by atoms with E-state index in [-0.39, 0.29) is 0 Å². The quantitative estimate of drug-likeness (QED) is 0.792. The lowest BCUT2D eigenvalue weighted by Gasteiger charge is -2.34. The number of halogens is 1. The standard InChI is InChI=1S/C14H20BrNO/c1-11-5-6-14(12(8-11)9-15)16-7-3-4-13(10-16)17-2/h5-6,8,13H,3-4,7,9-10H2,1-2H3. The van der Waals surface area contributed by atoms with Gasteiger partial charge >= 0.3 is 0 Å². The van der Waals surface area contributed by atoms with Crippen molar-refractivity contribution in [3.05, 3.63) is 29.3 Å². The van der Waals surface area contributed by atoms with Gasteiger partial charge in [-0.05, 0) is 31.4 Å². The first-order valence-corrected chi connectivity index (χ1v) is 7.30. The first kappa shape index (κ1) is 12.9. The molecule has 0 N–H and O–H groups in total. The SMILES string of the molecule is COC1CCCN(c2ccc(C)cc2CBr)C1. The van der Waals surface area contributed by atoms with Crippen LogP contribution in [0.3, 0.4) is 0 Å². The number of hydrogen-bond donors (Lipinski definition) is 0. The van der Waals surface area contributed by atoms with Crippen LogP contribution in [-0.2, 0) is 10.1 Å². The molecule has 0 bridgehead atoms. The van der Waals surface area contributed by atoms with Crippen molar-refractivity contribution in [3.8, 4) is 0 Å². The highest BCUT2D eigenvalue weighted by Gasteiger charge is 2.21. The Balaban J connectivity index is 2.20. The summed E-state index contributed by atoms with van der Waals surface area (Å²) in [5.74, 6) is 0. The van der Waals surface area contributed by atoms with Gasteiger partial charge < -0.3 is 9.64 Å². The molecule has 1 aromatic rings. The topological polar surface area (TPSA) is 12.5 Å². The summed E-state index contributed by atoms with van der Waals surface area (Å²) in [4.78, 5) is 2.45. The summed E-state index contributed by atoms with van der Waals surface area (Å²) >= 11 is 3.58. The average Bonchev–Trinajstić information content (AvgIpc) is 2.38. The number of rotatable bonds is 3. The molecule has 0 amide bonds. The van der Waals surface area contributed by atoms with Gasteiger partial charge in [0.2, 0.25) is 0 Å². The Bertz CT molecular complexity index is 380. The van der Waals surface area contributed by atoms with Crippen LogP contribution in [-0.4, -0.2) is 26.3 Å². The Labute approximate surface area is 112 Å². The molecule has 1 fully saturated rings. The van der Waals surface area contributed by atoms with E-state index in [1.807, 2.05) is 7.11 Å². The van der Waals surface area contributed by atoms with Crippen molar-refractivity contribution in [2.75, 3.05) is 25.1 Å². The lowest BCUT2D eigenvalue weighted by atomic mass is 10.0. The van der Waals surface area contributed by atoms with E-state index in [2.05, 4.69) is 46.0 Å². The predicted molar refractivity (Wildman–Crippen MR) is 76.1 cm³/mol. The lowest BCUT2D eigenvalue weighted by Crippen LogP contribution is -2.39. The molecule has 0 aromatic heterocycles. The van der Waals surface area contributed by atoms with Crippen LogP contribution in [0.4, 0.5) is 5.69 Å². The fourth-order valence-electron chi connectivity index (χ4n) is 2.48. The number of ether oxygens (including phenoxy) is 1. The van der Waals surface area contributed by atoms with Crippen molar-refractivity contribution in [1.82, 2.24) is 0 Å². The fourth-order valence-corrected chi connectivity index (χ4v) is 2.93. The molecule has 0 spiro atoms. The van der Waals surface area contributed by atoms with E-state index in [1.54, 1.807) is 0 Å². The van der Waals surface area contributed by atoms with E-state index in [0.717, 1.165) is 18.4 Å². The molecule has 1 saturated heterocycles. The van der Waals surface area contributed by atoms with E-state index < -0.39 is 0 Å². The summed E-state index contributed by atoms with van der Waals surface area (Å²) in [5, 5.41) is 0.915. The van der Waals surface area contributed by atoms with Gasteiger partial charge in [-0.15, -0.1) is 0 Å². The van der Waals surface area contributed by atoms with E-state index in [0.29, 0.717) is 6.10 Å². The zero-order chi connectivity index (χ0) is 12.3. The third-order valence-corrected chi connectivity index (χ3v) is 4.04. The van der Waals surface area contributed by atoms with E-state index >= 15 is 0 Å². The van der Waals surface area contributed by atoms with E-state index in [4.69, 9.17) is 4.74 Å². The fraction of sp³-hybridized carbons (Fsp3) is 0.571. The van der Waals surface area contributed by atoms with Gasteiger partial charge in [0.25, 0.3) is 0 Å². The van der Waals surface area contributed by atoms with Gasteiger partial charge in [0.15, 0.2) is 0 Å². The zero-order valence-electron chi connectivity index (χ0n) is 10.6. The number of aryl methyl sites for hydroxylation is 1. The molecule has 0 saturated carbocycles. The zero-order valence-corrected chi connectivity index (χ0v) is 12.2. The van der Waals surface area contributed by atoms with Crippen LogP contribution in [0.2, 0.25) is 0 Å². The molecular weight excluding hydrogens is 278 g/mol. The third kappa shape index (κ3) is 3.02. The highest BCUT2D eigenvalue weighted by molar-refractivity contribution is 9.08. The second-order valence-electron chi connectivity index (χ2n) is 4.71. The Morgan fingerprint density at radius 2 is 2.29 bits per heavy atom. The maximum atomic E-state index is 5.49. The summed E-state index contributed by atoms with van der Waals surface area (Å²) in [6.45, 7) is 4.30. The molecule has 1 heterocycles. The van der Waals surface area contributed by atoms with Gasteiger partial charge in [-0.2, -0.15) is 0 Å². The van der Waals surface area contributed by atoms with Crippen molar-refractivity contribution in [2.45, 2.75) is 31.2 Å². The number of nitrogens with zero attached hydrogens (tertiary/aromatic N) is 1. The predicted octanol–water partition coefficient (Wildman–Crippen LogP) is 3.51. The van der Waals surface area contributed by atoms with Crippen molar-refractivity contribution >= 4 is 21.6 Å². The van der Waals surface area contributed by atoms with Crippen LogP contribution in [0, 0.1) is 6.92 Å². The van der Waals surface area contributed by atoms with Gasteiger partial charge in [-0.1, -0.05) is 33.6 Å². The number of hydrogen-bond acceptors (Lipinski definition) is 2. The lowest BCUT2D eigenvalue weighted by molar-refractivity contribution is 0.0893. The van der Waals surface area contributed by atoms with Gasteiger partial charge in [-0.25, -0.2) is 0 Å². The van der Waals surface area contributed by atoms with E-state index in [1.165, 1.54) is 29.7 Å². The smallest absolute Gasteiger partial charge is 0.0746 e. The van der Waals surface area contributed by atoms with Crippen LogP contribution in [0.25, 0.3) is 0 Å². The van der Waals surface area contributed by atoms with Crippen LogP contribution < -0.4 is 4.90 Å². The highest BCUT2D eigenvalue weighted by atomic mass is 79.9. The summed E-state index contributed by atoms with van der Waals surface area (Å²) < 4.78 is 5.49. The Morgan fingerprint density at radius 3 is 3.00 bits per heavy atom. The van der Waals surface area contributed by atoms with Gasteiger partial charge in [-0.3, -0.25) is 0 Å². The molecular formula is C14H20BrNO. The van der Waals surface area contributed by atoms with Crippen molar-refractivity contribution in [3.63, 3.8) is 0 Å². The van der Waals surface area contributed by atoms with Gasteiger partial charge in [0.05, 0.1) is 6.10 Å². The molecule has 2 nitrogen and oxygen atoms in total. The molecule has 1 unspecified atom stereocenters. The third-order valence-electron chi connectivity index (χ3n) is 3.43. The minimum Gasteiger partial charge on any atom is -0.380 e. The monoisotopic (exact) mass is 297 g/mol. The Hall–Kier alpha value is -0.540. The van der Waals surface area contributed by atoms with Gasteiger partial charge in [0, 0.05) is 31.2 Å².